The topological polar surface area (TPSA) is 75.6 Å². The number of alkyl carbamates (subject to hydrolysis) is 1. The van der Waals surface area contributed by atoms with Crippen molar-refractivity contribution in [2.75, 3.05) is 0 Å². The summed E-state index contributed by atoms with van der Waals surface area (Å²) < 4.78 is 5.83. The van der Waals surface area contributed by atoms with Gasteiger partial charge in [-0.2, -0.15) is 0 Å². The maximum absolute atomic E-state index is 13.1. The number of ether oxygens (including phenoxy) is 1. The molecule has 0 aromatic heterocycles. The molecule has 5 heteroatoms. The number of rotatable bonds is 1. The van der Waals surface area contributed by atoms with Gasteiger partial charge in [-0.15, -0.1) is 6.58 Å². The molecule has 3 saturated carbocycles. The number of carbonyl (C=O) groups is 2. The van der Waals surface area contributed by atoms with Crippen LogP contribution in [0.5, 0.6) is 0 Å². The van der Waals surface area contributed by atoms with Crippen LogP contribution in [0.1, 0.15) is 53.4 Å². The van der Waals surface area contributed by atoms with Crippen LogP contribution in [-0.4, -0.2) is 35.2 Å². The van der Waals surface area contributed by atoms with E-state index in [0.29, 0.717) is 6.42 Å². The first-order valence-electron chi connectivity index (χ1n) is 9.94. The molecule has 4 fully saturated rings. The zero-order valence-electron chi connectivity index (χ0n) is 16.2. The van der Waals surface area contributed by atoms with Crippen LogP contribution in [0.25, 0.3) is 0 Å². The minimum atomic E-state index is -0.710. The molecule has 1 heterocycles. The lowest BCUT2D eigenvalue weighted by molar-refractivity contribution is -0.189. The van der Waals surface area contributed by atoms with Gasteiger partial charge < -0.3 is 15.2 Å². The number of amides is 1. The van der Waals surface area contributed by atoms with Gasteiger partial charge in [-0.05, 0) is 36.5 Å². The van der Waals surface area contributed by atoms with E-state index >= 15 is 0 Å². The summed E-state index contributed by atoms with van der Waals surface area (Å²) in [6.45, 7) is 12.4. The summed E-state index contributed by atoms with van der Waals surface area (Å²) in [4.78, 5) is 25.4. The van der Waals surface area contributed by atoms with Crippen LogP contribution in [0.15, 0.2) is 12.7 Å². The van der Waals surface area contributed by atoms with Gasteiger partial charge in [0.2, 0.25) is 0 Å². The molecule has 144 valence electrons. The van der Waals surface area contributed by atoms with Crippen molar-refractivity contribution in [3.05, 3.63) is 12.7 Å². The lowest BCUT2D eigenvalue weighted by Crippen LogP contribution is -2.67. The van der Waals surface area contributed by atoms with Crippen molar-refractivity contribution in [3.63, 3.8) is 0 Å². The first-order chi connectivity index (χ1) is 12.1. The Bertz CT molecular complexity index is 677. The molecular formula is C21H31NO4. The van der Waals surface area contributed by atoms with Gasteiger partial charge in [-0.25, -0.2) is 4.79 Å². The maximum Gasteiger partial charge on any atom is 0.407 e. The van der Waals surface area contributed by atoms with E-state index in [1.54, 1.807) is 6.08 Å². The van der Waals surface area contributed by atoms with Crippen molar-refractivity contribution in [2.45, 2.75) is 71.6 Å². The van der Waals surface area contributed by atoms with Gasteiger partial charge in [0.05, 0.1) is 12.1 Å². The second kappa shape index (κ2) is 5.34. The quantitative estimate of drug-likeness (QED) is 0.704. The number of carbonyl (C=O) groups excluding carboxylic acids is 2. The number of Topliss-reactive ketones (excluding diaryl/α,β-unsaturated/α-hetero) is 1. The third kappa shape index (κ3) is 1.85. The fourth-order valence-corrected chi connectivity index (χ4v) is 7.12. The maximum atomic E-state index is 13.1. The summed E-state index contributed by atoms with van der Waals surface area (Å²) >= 11 is 0. The summed E-state index contributed by atoms with van der Waals surface area (Å²) in [5.74, 6) is 0.326. The lowest BCUT2D eigenvalue weighted by Gasteiger charge is -2.62. The molecule has 4 aliphatic rings. The van der Waals surface area contributed by atoms with Crippen LogP contribution in [0, 0.1) is 34.0 Å². The molecule has 3 aliphatic carbocycles. The standard InChI is InChI=1S/C21H31NO4/c1-6-19(4)15-17(26-18(25)22-15)20(5)11(2)7-9-21(12(3)16(19)24)10-8-13(23)14(20)21/h6,11-12,14-17,24H,1,7-10H2,2-5H3,(H,22,25)/t11-,12+,14+,15-,16+,17-,19-,20-,21+/m1/s1. The third-order valence-corrected chi connectivity index (χ3v) is 9.01. The number of aliphatic hydroxyl groups is 1. The number of fused-ring (bicyclic) bond motifs is 2. The fourth-order valence-electron chi connectivity index (χ4n) is 7.12. The first kappa shape index (κ1) is 18.0. The lowest BCUT2D eigenvalue weighted by atomic mass is 9.43. The summed E-state index contributed by atoms with van der Waals surface area (Å²) in [6, 6.07) is -0.387. The fraction of sp³-hybridized carbons (Fsp3) is 0.810. The van der Waals surface area contributed by atoms with Crippen molar-refractivity contribution in [3.8, 4) is 0 Å². The van der Waals surface area contributed by atoms with Crippen LogP contribution >= 0.6 is 0 Å². The normalized spacial score (nSPS) is 55.9. The Hall–Kier alpha value is -1.36. The van der Waals surface area contributed by atoms with Gasteiger partial charge in [0.25, 0.3) is 0 Å². The van der Waals surface area contributed by atoms with Gasteiger partial charge in [-0.1, -0.05) is 33.8 Å². The Kier molecular flexibility index (Phi) is 3.70. The van der Waals surface area contributed by atoms with Crippen LogP contribution in [0.3, 0.4) is 0 Å². The zero-order valence-corrected chi connectivity index (χ0v) is 16.2. The van der Waals surface area contributed by atoms with E-state index in [4.69, 9.17) is 4.74 Å². The molecule has 1 saturated heterocycles. The highest BCUT2D eigenvalue weighted by molar-refractivity contribution is 5.86. The predicted molar refractivity (Wildman–Crippen MR) is 97.3 cm³/mol. The van der Waals surface area contributed by atoms with E-state index in [9.17, 15) is 14.7 Å². The van der Waals surface area contributed by atoms with E-state index < -0.39 is 29.1 Å². The van der Waals surface area contributed by atoms with Crippen molar-refractivity contribution >= 4 is 11.9 Å². The molecule has 2 N–H and O–H groups in total. The predicted octanol–water partition coefficient (Wildman–Crippen LogP) is 3.07. The third-order valence-electron chi connectivity index (χ3n) is 9.01. The van der Waals surface area contributed by atoms with Gasteiger partial charge in [-0.3, -0.25) is 4.79 Å². The average Bonchev–Trinajstić information content (AvgIpc) is 3.18. The first-order valence-corrected chi connectivity index (χ1v) is 9.94. The molecule has 5 nitrogen and oxygen atoms in total. The smallest absolute Gasteiger partial charge is 0.407 e. The molecule has 1 amide bonds. The van der Waals surface area contributed by atoms with Crippen molar-refractivity contribution < 1.29 is 19.4 Å². The van der Waals surface area contributed by atoms with E-state index in [1.807, 2.05) is 6.92 Å². The monoisotopic (exact) mass is 361 g/mol. The molecule has 26 heavy (non-hydrogen) atoms. The SMILES string of the molecule is C=C[C@]1(C)[C@@H]2NC(=O)O[C@H]2[C@]2(C)[C@H](C)CC[C@]3(CCC(=O)[C@H]32)[C@@H](C)[C@@H]1O. The molecule has 0 spiro atoms. The van der Waals surface area contributed by atoms with E-state index in [1.165, 1.54) is 0 Å². The Balaban J connectivity index is 1.98. The van der Waals surface area contributed by atoms with Crippen molar-refractivity contribution in [1.29, 1.82) is 0 Å². The zero-order chi connectivity index (χ0) is 19.1. The van der Waals surface area contributed by atoms with E-state index in [2.05, 4.69) is 32.7 Å². The number of hydrogen-bond donors (Lipinski definition) is 2. The highest BCUT2D eigenvalue weighted by Crippen LogP contribution is 2.68. The molecule has 0 radical (unpaired) electrons. The largest absolute Gasteiger partial charge is 0.443 e. The van der Waals surface area contributed by atoms with Crippen molar-refractivity contribution in [1.82, 2.24) is 5.32 Å². The van der Waals surface area contributed by atoms with Crippen LogP contribution in [0.2, 0.25) is 0 Å². The van der Waals surface area contributed by atoms with Gasteiger partial charge in [0.15, 0.2) is 0 Å². The Morgan fingerprint density at radius 1 is 1.27 bits per heavy atom. The highest BCUT2D eigenvalue weighted by Gasteiger charge is 2.71. The summed E-state index contributed by atoms with van der Waals surface area (Å²) in [7, 11) is 0. The number of ketones is 1. The molecule has 0 aromatic carbocycles. The van der Waals surface area contributed by atoms with Crippen LogP contribution in [-0.2, 0) is 9.53 Å². The molecule has 0 unspecified atom stereocenters. The van der Waals surface area contributed by atoms with Gasteiger partial charge in [0, 0.05) is 23.2 Å². The molecule has 0 aromatic rings. The van der Waals surface area contributed by atoms with E-state index in [0.717, 1.165) is 19.3 Å². The van der Waals surface area contributed by atoms with E-state index in [-0.39, 0.29) is 35.0 Å². The second-order valence-electron chi connectivity index (χ2n) is 9.69. The minimum Gasteiger partial charge on any atom is -0.443 e. The molecule has 9 atom stereocenters. The minimum absolute atomic E-state index is 0.0489. The number of aliphatic hydroxyl groups excluding tert-OH is 1. The Morgan fingerprint density at radius 2 is 1.96 bits per heavy atom. The average molecular weight is 361 g/mol. The van der Waals surface area contributed by atoms with Gasteiger partial charge >= 0.3 is 6.09 Å². The van der Waals surface area contributed by atoms with Gasteiger partial charge in [0.1, 0.15) is 11.9 Å². The summed E-state index contributed by atoms with van der Waals surface area (Å²) in [6.07, 6.45) is 3.51. The van der Waals surface area contributed by atoms with Crippen molar-refractivity contribution in [2.24, 2.45) is 34.0 Å². The molecule has 4 rings (SSSR count). The number of nitrogens with one attached hydrogen (secondary N) is 1. The van der Waals surface area contributed by atoms with Crippen LogP contribution < -0.4 is 5.32 Å². The van der Waals surface area contributed by atoms with Crippen LogP contribution in [0.4, 0.5) is 4.79 Å². The molecule has 1 aliphatic heterocycles. The second-order valence-corrected chi connectivity index (χ2v) is 9.69. The molecule has 2 bridgehead atoms. The molecular weight excluding hydrogens is 330 g/mol. The number of hydrogen-bond acceptors (Lipinski definition) is 4. The summed E-state index contributed by atoms with van der Waals surface area (Å²) in [5.41, 5.74) is -1.37. The Labute approximate surface area is 155 Å². The Morgan fingerprint density at radius 3 is 2.62 bits per heavy atom. The highest BCUT2D eigenvalue weighted by atomic mass is 16.6. The summed E-state index contributed by atoms with van der Waals surface area (Å²) in [5, 5.41) is 14.4.